The molecule has 35 heavy (non-hydrogen) atoms. The van der Waals surface area contributed by atoms with Gasteiger partial charge in [0.25, 0.3) is 0 Å². The van der Waals surface area contributed by atoms with Crippen LogP contribution in [0.25, 0.3) is 0 Å². The van der Waals surface area contributed by atoms with Crippen LogP contribution < -0.4 is 0 Å². The van der Waals surface area contributed by atoms with Crippen molar-refractivity contribution >= 4 is 29.5 Å². The molecule has 0 aromatic rings. The van der Waals surface area contributed by atoms with Gasteiger partial charge >= 0.3 is 17.9 Å². The molecule has 3 N–H and O–H groups in total. The molecule has 1 saturated carbocycles. The number of hydrogen-bond acceptors (Lipinski definition) is 10. The number of rotatable bonds is 2. The van der Waals surface area contributed by atoms with Crippen molar-refractivity contribution in [1.29, 1.82) is 0 Å². The van der Waals surface area contributed by atoms with Crippen molar-refractivity contribution in [1.82, 2.24) is 0 Å². The van der Waals surface area contributed by atoms with Gasteiger partial charge in [-0.25, -0.2) is 0 Å². The van der Waals surface area contributed by atoms with Crippen LogP contribution in [-0.4, -0.2) is 86.4 Å². The number of fused-ring (bicyclic) bond motifs is 2. The van der Waals surface area contributed by atoms with Gasteiger partial charge < -0.3 is 34.3 Å². The van der Waals surface area contributed by atoms with E-state index in [1.165, 1.54) is 20.8 Å². The van der Waals surface area contributed by atoms with Crippen molar-refractivity contribution in [3.05, 3.63) is 12.2 Å². The number of ether oxygens (including phenoxy) is 4. The molecule has 1 spiro atoms. The molecule has 12 atom stereocenters. The molecular weight excluding hydrogens is 484 g/mol. The van der Waals surface area contributed by atoms with Gasteiger partial charge in [0.2, 0.25) is 0 Å². The zero-order valence-corrected chi connectivity index (χ0v) is 21.2. The Kier molecular flexibility index (Phi) is 6.33. The van der Waals surface area contributed by atoms with Crippen LogP contribution in [0.4, 0.5) is 0 Å². The van der Waals surface area contributed by atoms with Gasteiger partial charge in [0.1, 0.15) is 17.8 Å². The summed E-state index contributed by atoms with van der Waals surface area (Å²) in [7, 11) is 0. The van der Waals surface area contributed by atoms with E-state index in [1.807, 2.05) is 0 Å². The lowest BCUT2D eigenvalue weighted by atomic mass is 9.50. The lowest BCUT2D eigenvalue weighted by Crippen LogP contribution is -2.77. The van der Waals surface area contributed by atoms with Crippen molar-refractivity contribution in [2.45, 2.75) is 101 Å². The molecule has 4 fully saturated rings. The molecule has 12 unspecified atom stereocenters. The summed E-state index contributed by atoms with van der Waals surface area (Å²) >= 11 is 6.69. The van der Waals surface area contributed by atoms with E-state index in [2.05, 4.69) is 6.58 Å². The quantitative estimate of drug-likeness (QED) is 0.206. The third-order valence-electron chi connectivity index (χ3n) is 8.72. The van der Waals surface area contributed by atoms with Gasteiger partial charge in [-0.1, -0.05) is 13.5 Å². The highest BCUT2D eigenvalue weighted by Crippen LogP contribution is 2.61. The van der Waals surface area contributed by atoms with Crippen molar-refractivity contribution in [3.63, 3.8) is 0 Å². The summed E-state index contributed by atoms with van der Waals surface area (Å²) in [5.41, 5.74) is -4.71. The summed E-state index contributed by atoms with van der Waals surface area (Å²) in [5.74, 6) is -4.22. The number of aliphatic hydroxyl groups is 3. The Morgan fingerprint density at radius 3 is 2.20 bits per heavy atom. The molecule has 3 heterocycles. The number of aliphatic hydroxyl groups excluding tert-OH is 2. The minimum Gasteiger partial charge on any atom is -0.462 e. The predicted molar refractivity (Wildman–Crippen MR) is 120 cm³/mol. The summed E-state index contributed by atoms with van der Waals surface area (Å²) in [6.07, 6.45) is -7.33. The lowest BCUT2D eigenvalue weighted by Gasteiger charge is -2.63. The molecule has 0 amide bonds. The van der Waals surface area contributed by atoms with Gasteiger partial charge in [0.05, 0.1) is 40.6 Å². The van der Waals surface area contributed by atoms with E-state index in [-0.39, 0.29) is 12.8 Å². The molecule has 1 aliphatic carbocycles. The largest absolute Gasteiger partial charge is 0.462 e. The van der Waals surface area contributed by atoms with Gasteiger partial charge in [0, 0.05) is 32.6 Å². The smallest absolute Gasteiger partial charge is 0.312 e. The number of esters is 3. The summed E-state index contributed by atoms with van der Waals surface area (Å²) in [6.45, 7) is 11.0. The second-order valence-corrected chi connectivity index (χ2v) is 11.2. The molecule has 4 rings (SSSR count). The van der Waals surface area contributed by atoms with Gasteiger partial charge in [-0.3, -0.25) is 14.4 Å². The molecule has 4 aliphatic rings. The molecule has 0 aromatic carbocycles. The number of carbonyl (C=O) groups is 3. The standard InChI is InChI=1S/C24H33ClO10/c1-9-13-7-15(32-11(3)26)22(5)16(33-12(4)27)8-14(28)23(6,31)18(22)19(29)24(35-13)10(2)21(30)34-20(24)17(9)25/h10,13-20,28-29,31H,1,7-8H2,2-6H3. The van der Waals surface area contributed by atoms with E-state index in [0.29, 0.717) is 5.57 Å². The van der Waals surface area contributed by atoms with Gasteiger partial charge in [0.15, 0.2) is 6.10 Å². The van der Waals surface area contributed by atoms with E-state index in [0.717, 1.165) is 0 Å². The third kappa shape index (κ3) is 3.55. The Morgan fingerprint density at radius 2 is 1.66 bits per heavy atom. The number of alkyl halides is 1. The Bertz CT molecular complexity index is 951. The summed E-state index contributed by atoms with van der Waals surface area (Å²) in [4.78, 5) is 37.0. The first-order valence-electron chi connectivity index (χ1n) is 11.7. The van der Waals surface area contributed by atoms with Crippen LogP contribution in [0, 0.1) is 17.3 Å². The van der Waals surface area contributed by atoms with Gasteiger partial charge in [-0.15, -0.1) is 11.6 Å². The van der Waals surface area contributed by atoms with Gasteiger partial charge in [-0.05, 0) is 19.4 Å². The fourth-order valence-electron chi connectivity index (χ4n) is 6.85. The monoisotopic (exact) mass is 516 g/mol. The molecular formula is C24H33ClO10. The average molecular weight is 517 g/mol. The first-order chi connectivity index (χ1) is 16.1. The van der Waals surface area contributed by atoms with Crippen LogP contribution >= 0.6 is 11.6 Å². The fraction of sp³-hybridized carbons (Fsp3) is 0.792. The summed E-state index contributed by atoms with van der Waals surface area (Å²) in [6, 6.07) is 0. The van der Waals surface area contributed by atoms with Crippen LogP contribution in [0.3, 0.4) is 0 Å². The normalized spacial score (nSPS) is 51.3. The van der Waals surface area contributed by atoms with Gasteiger partial charge in [-0.2, -0.15) is 0 Å². The zero-order valence-electron chi connectivity index (χ0n) is 20.4. The van der Waals surface area contributed by atoms with E-state index in [1.54, 1.807) is 13.8 Å². The maximum atomic E-state index is 12.8. The highest BCUT2D eigenvalue weighted by Gasteiger charge is 2.75. The van der Waals surface area contributed by atoms with Crippen molar-refractivity contribution in [2.75, 3.05) is 0 Å². The van der Waals surface area contributed by atoms with Crippen LogP contribution in [0.5, 0.6) is 0 Å². The average Bonchev–Trinajstić information content (AvgIpc) is 3.00. The molecule has 11 heteroatoms. The first kappa shape index (κ1) is 26.3. The van der Waals surface area contributed by atoms with Crippen molar-refractivity contribution in [3.8, 4) is 0 Å². The van der Waals surface area contributed by atoms with Crippen molar-refractivity contribution in [2.24, 2.45) is 17.3 Å². The van der Waals surface area contributed by atoms with Crippen LogP contribution in [0.1, 0.15) is 47.5 Å². The molecule has 0 aromatic heterocycles. The van der Waals surface area contributed by atoms with Crippen LogP contribution in [-0.2, 0) is 33.3 Å². The van der Waals surface area contributed by atoms with E-state index in [4.69, 9.17) is 30.5 Å². The second-order valence-electron chi connectivity index (χ2n) is 10.7. The maximum absolute atomic E-state index is 12.8. The van der Waals surface area contributed by atoms with E-state index < -0.39 is 88.4 Å². The molecule has 196 valence electrons. The lowest BCUT2D eigenvalue weighted by molar-refractivity contribution is -0.316. The van der Waals surface area contributed by atoms with Crippen LogP contribution in [0.15, 0.2) is 12.2 Å². The summed E-state index contributed by atoms with van der Waals surface area (Å²) in [5, 5.41) is 33.8. The number of carbonyl (C=O) groups excluding carboxylic acids is 3. The number of halogens is 1. The van der Waals surface area contributed by atoms with Crippen molar-refractivity contribution < 1.29 is 48.7 Å². The molecule has 3 saturated heterocycles. The first-order valence-corrected chi connectivity index (χ1v) is 12.2. The SMILES string of the molecule is C=C1C2CC(OC(C)=O)C3(C)C(OC(C)=O)CC(O)C(C)(O)C3C(O)C3(O2)C(C)C(=O)OC3C1Cl. The molecule has 0 radical (unpaired) electrons. The minimum absolute atomic E-state index is 0.000668. The topological polar surface area (TPSA) is 149 Å². The molecule has 10 nitrogen and oxygen atoms in total. The zero-order chi connectivity index (χ0) is 26.2. The van der Waals surface area contributed by atoms with E-state index >= 15 is 0 Å². The molecule has 2 bridgehead atoms. The van der Waals surface area contributed by atoms with E-state index in [9.17, 15) is 29.7 Å². The second kappa shape index (κ2) is 8.41. The Hall–Kier alpha value is -1.72. The summed E-state index contributed by atoms with van der Waals surface area (Å²) < 4.78 is 23.3. The Balaban J connectivity index is 1.99. The highest BCUT2D eigenvalue weighted by atomic mass is 35.5. The highest BCUT2D eigenvalue weighted by molar-refractivity contribution is 6.23. The minimum atomic E-state index is -1.97. The Morgan fingerprint density at radius 1 is 1.11 bits per heavy atom. The van der Waals surface area contributed by atoms with Crippen LogP contribution in [0.2, 0.25) is 0 Å². The Labute approximate surface area is 208 Å². The third-order valence-corrected chi connectivity index (χ3v) is 9.23. The molecule has 3 aliphatic heterocycles. The maximum Gasteiger partial charge on any atom is 0.312 e. The fourth-order valence-corrected chi connectivity index (χ4v) is 7.24. The predicted octanol–water partition coefficient (Wildman–Crippen LogP) is 0.615. The number of hydrogen-bond donors (Lipinski definition) is 3.